The first-order chi connectivity index (χ1) is 5.75. The molecule has 1 rings (SSSR count). The van der Waals surface area contributed by atoms with Crippen molar-refractivity contribution < 1.29 is 0 Å². The van der Waals surface area contributed by atoms with Crippen LogP contribution in [-0.2, 0) is 6.42 Å². The SMILES string of the molecule is Cc1cccc(CCCBr)c1Br. The topological polar surface area (TPSA) is 0 Å². The molecule has 0 saturated carbocycles. The van der Waals surface area contributed by atoms with E-state index in [0.29, 0.717) is 0 Å². The van der Waals surface area contributed by atoms with Crippen LogP contribution >= 0.6 is 31.9 Å². The molecule has 0 bridgehead atoms. The Morgan fingerprint density at radius 3 is 2.75 bits per heavy atom. The number of aryl methyl sites for hydroxylation is 2. The molecule has 0 fully saturated rings. The van der Waals surface area contributed by atoms with Crippen LogP contribution in [0.3, 0.4) is 0 Å². The molecule has 0 nitrogen and oxygen atoms in total. The fourth-order valence-electron chi connectivity index (χ4n) is 1.16. The first kappa shape index (κ1) is 10.3. The monoisotopic (exact) mass is 290 g/mol. The lowest BCUT2D eigenvalue weighted by molar-refractivity contribution is 0.932. The molecular weight excluding hydrogens is 280 g/mol. The molecule has 0 aliphatic rings. The lowest BCUT2D eigenvalue weighted by atomic mass is 10.1. The molecule has 0 aromatic heterocycles. The van der Waals surface area contributed by atoms with Gasteiger partial charge in [0.1, 0.15) is 0 Å². The van der Waals surface area contributed by atoms with Gasteiger partial charge in [0, 0.05) is 9.80 Å². The first-order valence-electron chi connectivity index (χ1n) is 4.05. The smallest absolute Gasteiger partial charge is 0.0236 e. The summed E-state index contributed by atoms with van der Waals surface area (Å²) in [6.07, 6.45) is 2.34. The van der Waals surface area contributed by atoms with Gasteiger partial charge < -0.3 is 0 Å². The Hall–Kier alpha value is 0.180. The van der Waals surface area contributed by atoms with Gasteiger partial charge in [-0.15, -0.1) is 0 Å². The summed E-state index contributed by atoms with van der Waals surface area (Å²) in [7, 11) is 0. The third-order valence-corrected chi connectivity index (χ3v) is 3.55. The third-order valence-electron chi connectivity index (χ3n) is 1.85. The molecule has 0 unspecified atom stereocenters. The summed E-state index contributed by atoms with van der Waals surface area (Å²) in [4.78, 5) is 0. The molecule has 0 saturated heterocycles. The number of hydrogen-bond acceptors (Lipinski definition) is 0. The second kappa shape index (κ2) is 5.03. The highest BCUT2D eigenvalue weighted by Gasteiger charge is 2.00. The quantitative estimate of drug-likeness (QED) is 0.736. The average Bonchev–Trinajstić information content (AvgIpc) is 2.08. The van der Waals surface area contributed by atoms with E-state index in [1.165, 1.54) is 22.0 Å². The van der Waals surface area contributed by atoms with Crippen LogP contribution in [0.5, 0.6) is 0 Å². The van der Waals surface area contributed by atoms with Crippen LogP contribution < -0.4 is 0 Å². The van der Waals surface area contributed by atoms with E-state index in [0.717, 1.165) is 11.8 Å². The second-order valence-electron chi connectivity index (χ2n) is 2.84. The van der Waals surface area contributed by atoms with Crippen molar-refractivity contribution in [3.8, 4) is 0 Å². The van der Waals surface area contributed by atoms with Gasteiger partial charge in [-0.1, -0.05) is 50.1 Å². The molecular formula is C10H12Br2. The maximum absolute atomic E-state index is 3.60. The van der Waals surface area contributed by atoms with Crippen LogP contribution in [0, 0.1) is 6.92 Å². The van der Waals surface area contributed by atoms with E-state index >= 15 is 0 Å². The Morgan fingerprint density at radius 1 is 1.33 bits per heavy atom. The molecule has 12 heavy (non-hydrogen) atoms. The fourth-order valence-corrected chi connectivity index (χ4v) is 1.90. The largest absolute Gasteiger partial charge is 0.0928 e. The highest BCUT2D eigenvalue weighted by molar-refractivity contribution is 9.10. The van der Waals surface area contributed by atoms with Gasteiger partial charge in [-0.25, -0.2) is 0 Å². The molecule has 0 atom stereocenters. The molecule has 1 aromatic carbocycles. The molecule has 0 aliphatic heterocycles. The predicted molar refractivity (Wildman–Crippen MR) is 61.0 cm³/mol. The zero-order chi connectivity index (χ0) is 8.97. The first-order valence-corrected chi connectivity index (χ1v) is 5.97. The summed E-state index contributed by atoms with van der Waals surface area (Å²) < 4.78 is 1.27. The fraction of sp³-hybridized carbons (Fsp3) is 0.400. The van der Waals surface area contributed by atoms with Crippen LogP contribution in [0.1, 0.15) is 17.5 Å². The van der Waals surface area contributed by atoms with Crippen molar-refractivity contribution in [2.75, 3.05) is 5.33 Å². The molecule has 0 spiro atoms. The summed E-state index contributed by atoms with van der Waals surface area (Å²) in [6.45, 7) is 2.13. The summed E-state index contributed by atoms with van der Waals surface area (Å²) in [5, 5.41) is 1.08. The standard InChI is InChI=1S/C10H12Br2/c1-8-4-2-5-9(10(8)12)6-3-7-11/h2,4-5H,3,6-7H2,1H3. The van der Waals surface area contributed by atoms with Gasteiger partial charge >= 0.3 is 0 Å². The van der Waals surface area contributed by atoms with E-state index in [1.54, 1.807) is 0 Å². The average molecular weight is 292 g/mol. The second-order valence-corrected chi connectivity index (χ2v) is 4.43. The van der Waals surface area contributed by atoms with Crippen molar-refractivity contribution >= 4 is 31.9 Å². The van der Waals surface area contributed by atoms with Crippen molar-refractivity contribution in [1.29, 1.82) is 0 Å². The highest BCUT2D eigenvalue weighted by Crippen LogP contribution is 2.22. The molecule has 0 radical (unpaired) electrons. The zero-order valence-corrected chi connectivity index (χ0v) is 10.3. The van der Waals surface area contributed by atoms with Gasteiger partial charge in [0.25, 0.3) is 0 Å². The number of hydrogen-bond donors (Lipinski definition) is 0. The van der Waals surface area contributed by atoms with E-state index in [9.17, 15) is 0 Å². The normalized spacial score (nSPS) is 10.2. The Labute approximate surface area is 90.6 Å². The Kier molecular flexibility index (Phi) is 4.30. The van der Waals surface area contributed by atoms with Crippen molar-refractivity contribution in [2.45, 2.75) is 19.8 Å². The van der Waals surface area contributed by atoms with Gasteiger partial charge in [0.2, 0.25) is 0 Å². The molecule has 2 heteroatoms. The van der Waals surface area contributed by atoms with E-state index < -0.39 is 0 Å². The Balaban J connectivity index is 2.78. The van der Waals surface area contributed by atoms with Crippen molar-refractivity contribution in [1.82, 2.24) is 0 Å². The van der Waals surface area contributed by atoms with Gasteiger partial charge in [-0.05, 0) is 30.9 Å². The summed E-state index contributed by atoms with van der Waals surface area (Å²) >= 11 is 7.03. The highest BCUT2D eigenvalue weighted by atomic mass is 79.9. The number of halogens is 2. The van der Waals surface area contributed by atoms with E-state index in [4.69, 9.17) is 0 Å². The molecule has 0 heterocycles. The van der Waals surface area contributed by atoms with Crippen LogP contribution in [-0.4, -0.2) is 5.33 Å². The summed E-state index contributed by atoms with van der Waals surface area (Å²) in [5.41, 5.74) is 2.73. The van der Waals surface area contributed by atoms with E-state index in [2.05, 4.69) is 57.0 Å². The van der Waals surface area contributed by atoms with Gasteiger partial charge in [-0.2, -0.15) is 0 Å². The minimum atomic E-state index is 1.08. The minimum Gasteiger partial charge on any atom is -0.0928 e. The van der Waals surface area contributed by atoms with E-state index in [1.807, 2.05) is 0 Å². The maximum Gasteiger partial charge on any atom is 0.0236 e. The lowest BCUT2D eigenvalue weighted by Gasteiger charge is -2.05. The van der Waals surface area contributed by atoms with Crippen molar-refractivity contribution in [3.63, 3.8) is 0 Å². The van der Waals surface area contributed by atoms with Crippen LogP contribution in [0.2, 0.25) is 0 Å². The van der Waals surface area contributed by atoms with Gasteiger partial charge in [0.15, 0.2) is 0 Å². The van der Waals surface area contributed by atoms with Crippen LogP contribution in [0.15, 0.2) is 22.7 Å². The lowest BCUT2D eigenvalue weighted by Crippen LogP contribution is -1.89. The third kappa shape index (κ3) is 2.60. The maximum atomic E-state index is 3.60. The van der Waals surface area contributed by atoms with Crippen molar-refractivity contribution in [2.24, 2.45) is 0 Å². The summed E-state index contributed by atoms with van der Waals surface area (Å²) in [6, 6.07) is 6.42. The van der Waals surface area contributed by atoms with E-state index in [-0.39, 0.29) is 0 Å². The number of rotatable bonds is 3. The molecule has 0 amide bonds. The van der Waals surface area contributed by atoms with Crippen LogP contribution in [0.25, 0.3) is 0 Å². The Bertz CT molecular complexity index is 256. The molecule has 66 valence electrons. The van der Waals surface area contributed by atoms with Gasteiger partial charge in [-0.3, -0.25) is 0 Å². The predicted octanol–water partition coefficient (Wildman–Crippen LogP) is 4.09. The Morgan fingerprint density at radius 2 is 2.08 bits per heavy atom. The summed E-state index contributed by atoms with van der Waals surface area (Å²) in [5.74, 6) is 0. The molecule has 1 aromatic rings. The number of alkyl halides is 1. The van der Waals surface area contributed by atoms with Crippen LogP contribution in [0.4, 0.5) is 0 Å². The molecule has 0 N–H and O–H groups in total. The van der Waals surface area contributed by atoms with Crippen molar-refractivity contribution in [3.05, 3.63) is 33.8 Å². The molecule has 0 aliphatic carbocycles. The number of benzene rings is 1. The van der Waals surface area contributed by atoms with Gasteiger partial charge in [0.05, 0.1) is 0 Å². The minimum absolute atomic E-state index is 1.08. The zero-order valence-electron chi connectivity index (χ0n) is 7.11.